The summed E-state index contributed by atoms with van der Waals surface area (Å²) < 4.78 is 0. The van der Waals surface area contributed by atoms with Gasteiger partial charge in [-0.2, -0.15) is 15.0 Å². The zero-order valence-corrected chi connectivity index (χ0v) is 9.03. The Hall–Kier alpha value is -1.39. The van der Waals surface area contributed by atoms with E-state index in [-0.39, 0.29) is 0 Å². The van der Waals surface area contributed by atoms with Crippen molar-refractivity contribution in [3.05, 3.63) is 5.82 Å². The van der Waals surface area contributed by atoms with E-state index in [1.54, 1.807) is 0 Å². The van der Waals surface area contributed by atoms with Gasteiger partial charge < -0.3 is 11.1 Å². The quantitative estimate of drug-likeness (QED) is 0.762. The van der Waals surface area contributed by atoms with E-state index in [9.17, 15) is 0 Å². The Morgan fingerprint density at radius 2 is 2.13 bits per heavy atom. The number of nitrogens with zero attached hydrogens (tertiary/aromatic N) is 3. The third-order valence-electron chi connectivity index (χ3n) is 2.36. The fourth-order valence-corrected chi connectivity index (χ4v) is 1.36. The van der Waals surface area contributed by atoms with Crippen LogP contribution >= 0.6 is 0 Å². The van der Waals surface area contributed by atoms with Gasteiger partial charge in [-0.1, -0.05) is 13.3 Å². The van der Waals surface area contributed by atoms with Gasteiger partial charge in [0, 0.05) is 12.5 Å². The zero-order chi connectivity index (χ0) is 10.7. The maximum Gasteiger partial charge on any atom is 0.227 e. The third kappa shape index (κ3) is 3.04. The number of unbranched alkanes of at least 4 members (excludes halogenated alkanes) is 1. The lowest BCUT2D eigenvalue weighted by Crippen LogP contribution is -2.10. The van der Waals surface area contributed by atoms with Gasteiger partial charge in [-0.25, -0.2) is 0 Å². The molecule has 2 rings (SSSR count). The average molecular weight is 207 g/mol. The summed E-state index contributed by atoms with van der Waals surface area (Å²) >= 11 is 0. The maximum absolute atomic E-state index is 5.63. The van der Waals surface area contributed by atoms with E-state index in [0.29, 0.717) is 17.9 Å². The van der Waals surface area contributed by atoms with Crippen LogP contribution in [0.3, 0.4) is 0 Å². The highest BCUT2D eigenvalue weighted by Crippen LogP contribution is 2.23. The monoisotopic (exact) mass is 207 g/mol. The molecular weight excluding hydrogens is 190 g/mol. The molecule has 1 aliphatic rings. The van der Waals surface area contributed by atoms with Crippen molar-refractivity contribution < 1.29 is 0 Å². The van der Waals surface area contributed by atoms with E-state index in [1.807, 2.05) is 0 Å². The third-order valence-corrected chi connectivity index (χ3v) is 2.36. The number of nitrogens with one attached hydrogen (secondary N) is 1. The molecule has 3 N–H and O–H groups in total. The van der Waals surface area contributed by atoms with Gasteiger partial charge in [-0.15, -0.1) is 0 Å². The lowest BCUT2D eigenvalue weighted by molar-refractivity contribution is 0.747. The van der Waals surface area contributed by atoms with Crippen molar-refractivity contribution >= 4 is 11.9 Å². The van der Waals surface area contributed by atoms with Crippen LogP contribution in [0.1, 0.15) is 38.4 Å². The first-order valence-corrected chi connectivity index (χ1v) is 5.55. The summed E-state index contributed by atoms with van der Waals surface area (Å²) in [5.74, 6) is 1.75. The molecule has 0 unspecified atom stereocenters. The van der Waals surface area contributed by atoms with Gasteiger partial charge in [-0.3, -0.25) is 0 Å². The predicted molar refractivity (Wildman–Crippen MR) is 59.5 cm³/mol. The van der Waals surface area contributed by atoms with E-state index in [1.165, 1.54) is 12.8 Å². The second-order valence-electron chi connectivity index (χ2n) is 3.96. The number of hydrogen-bond donors (Lipinski definition) is 2. The van der Waals surface area contributed by atoms with Gasteiger partial charge in [0.2, 0.25) is 11.9 Å². The molecule has 82 valence electrons. The van der Waals surface area contributed by atoms with E-state index < -0.39 is 0 Å². The van der Waals surface area contributed by atoms with Crippen molar-refractivity contribution in [1.82, 2.24) is 15.0 Å². The van der Waals surface area contributed by atoms with E-state index in [4.69, 9.17) is 5.73 Å². The van der Waals surface area contributed by atoms with Crippen LogP contribution in [-0.4, -0.2) is 21.0 Å². The van der Waals surface area contributed by atoms with E-state index in [2.05, 4.69) is 27.2 Å². The van der Waals surface area contributed by atoms with Crippen LogP contribution in [0.2, 0.25) is 0 Å². The summed E-state index contributed by atoms with van der Waals surface area (Å²) in [6.07, 6.45) is 5.51. The van der Waals surface area contributed by atoms with Crippen LogP contribution in [0, 0.1) is 0 Å². The fraction of sp³-hybridized carbons (Fsp3) is 0.700. The van der Waals surface area contributed by atoms with Gasteiger partial charge in [0.25, 0.3) is 0 Å². The van der Waals surface area contributed by atoms with Crippen LogP contribution in [-0.2, 0) is 6.42 Å². The Labute approximate surface area is 89.5 Å². The Morgan fingerprint density at radius 3 is 2.80 bits per heavy atom. The molecule has 0 amide bonds. The molecule has 0 aliphatic heterocycles. The Kier molecular flexibility index (Phi) is 2.99. The first kappa shape index (κ1) is 10.1. The highest BCUT2D eigenvalue weighted by Gasteiger charge is 2.22. The summed E-state index contributed by atoms with van der Waals surface area (Å²) in [4.78, 5) is 12.5. The second-order valence-corrected chi connectivity index (χ2v) is 3.96. The minimum absolute atomic E-state index is 0.319. The fourth-order valence-electron chi connectivity index (χ4n) is 1.36. The Bertz CT molecular complexity index is 335. The van der Waals surface area contributed by atoms with Gasteiger partial charge in [0.05, 0.1) is 0 Å². The van der Waals surface area contributed by atoms with Crippen molar-refractivity contribution in [2.24, 2.45) is 0 Å². The van der Waals surface area contributed by atoms with Gasteiger partial charge in [0.15, 0.2) is 0 Å². The summed E-state index contributed by atoms with van der Waals surface area (Å²) in [5.41, 5.74) is 5.63. The molecule has 1 aromatic heterocycles. The van der Waals surface area contributed by atoms with Crippen molar-refractivity contribution in [2.45, 2.75) is 45.1 Å². The topological polar surface area (TPSA) is 76.7 Å². The van der Waals surface area contributed by atoms with Crippen LogP contribution in [0.4, 0.5) is 11.9 Å². The zero-order valence-electron chi connectivity index (χ0n) is 9.03. The molecule has 5 heteroatoms. The first-order valence-electron chi connectivity index (χ1n) is 5.55. The molecule has 1 heterocycles. The number of nitrogen functional groups attached to an aromatic ring is 1. The van der Waals surface area contributed by atoms with Gasteiger partial charge in [-0.05, 0) is 19.3 Å². The number of aromatic nitrogens is 3. The molecule has 0 radical (unpaired) electrons. The molecule has 0 spiro atoms. The molecule has 1 fully saturated rings. The molecule has 1 aliphatic carbocycles. The normalized spacial score (nSPS) is 15.3. The van der Waals surface area contributed by atoms with Crippen molar-refractivity contribution in [1.29, 1.82) is 0 Å². The molecular formula is C10H17N5. The highest BCUT2D eigenvalue weighted by atomic mass is 15.2. The minimum Gasteiger partial charge on any atom is -0.368 e. The summed E-state index contributed by atoms with van der Waals surface area (Å²) in [7, 11) is 0. The highest BCUT2D eigenvalue weighted by molar-refractivity contribution is 5.33. The molecule has 0 aromatic carbocycles. The summed E-state index contributed by atoms with van der Waals surface area (Å²) in [6.45, 7) is 2.15. The number of aryl methyl sites for hydroxylation is 1. The Morgan fingerprint density at radius 1 is 1.33 bits per heavy atom. The molecule has 0 bridgehead atoms. The summed E-state index contributed by atoms with van der Waals surface area (Å²) in [6, 6.07) is 0.547. The maximum atomic E-state index is 5.63. The van der Waals surface area contributed by atoms with Gasteiger partial charge in [0.1, 0.15) is 5.82 Å². The lowest BCUT2D eigenvalue weighted by atomic mass is 10.2. The van der Waals surface area contributed by atoms with Crippen LogP contribution in [0.25, 0.3) is 0 Å². The summed E-state index contributed by atoms with van der Waals surface area (Å²) in [5, 5.41) is 3.23. The number of anilines is 2. The molecule has 1 saturated carbocycles. The smallest absolute Gasteiger partial charge is 0.227 e. The average Bonchev–Trinajstić information content (AvgIpc) is 2.98. The minimum atomic E-state index is 0.319. The van der Waals surface area contributed by atoms with Gasteiger partial charge >= 0.3 is 0 Å². The molecule has 1 aromatic rings. The molecule has 15 heavy (non-hydrogen) atoms. The van der Waals surface area contributed by atoms with E-state index in [0.717, 1.165) is 25.1 Å². The lowest BCUT2D eigenvalue weighted by Gasteiger charge is -2.05. The van der Waals surface area contributed by atoms with Crippen molar-refractivity contribution in [3.63, 3.8) is 0 Å². The predicted octanol–water partition coefficient (Wildman–Crippen LogP) is 1.37. The molecule has 0 saturated heterocycles. The van der Waals surface area contributed by atoms with Crippen LogP contribution in [0.15, 0.2) is 0 Å². The number of rotatable bonds is 5. The van der Waals surface area contributed by atoms with Crippen molar-refractivity contribution in [3.8, 4) is 0 Å². The molecule has 0 atom stereocenters. The Balaban J connectivity index is 2.05. The first-order chi connectivity index (χ1) is 7.28. The van der Waals surface area contributed by atoms with Crippen LogP contribution < -0.4 is 11.1 Å². The SMILES string of the molecule is CCCCc1nc(N)nc(NC2CC2)n1. The van der Waals surface area contributed by atoms with Crippen molar-refractivity contribution in [2.75, 3.05) is 11.1 Å². The standard InChI is InChI=1S/C10H17N5/c1-2-3-4-8-13-9(11)15-10(14-8)12-7-5-6-7/h7H,2-6H2,1H3,(H3,11,12,13,14,15). The largest absolute Gasteiger partial charge is 0.368 e. The molecule has 5 nitrogen and oxygen atoms in total. The number of nitrogens with two attached hydrogens (primary N) is 1. The van der Waals surface area contributed by atoms with E-state index >= 15 is 0 Å². The number of hydrogen-bond acceptors (Lipinski definition) is 5. The second kappa shape index (κ2) is 4.42. The van der Waals surface area contributed by atoms with Crippen LogP contribution in [0.5, 0.6) is 0 Å².